The first-order valence-electron chi connectivity index (χ1n) is 6.22. The third-order valence-electron chi connectivity index (χ3n) is 2.87. The van der Waals surface area contributed by atoms with E-state index < -0.39 is 18.5 Å². The predicted molar refractivity (Wildman–Crippen MR) is 67.8 cm³/mol. The van der Waals surface area contributed by atoms with Crippen LogP contribution in [0.3, 0.4) is 0 Å². The van der Waals surface area contributed by atoms with Crippen molar-refractivity contribution < 1.29 is 17.6 Å². The molecule has 7 heteroatoms. The summed E-state index contributed by atoms with van der Waals surface area (Å²) in [6.07, 6.45) is -4.28. The number of nitrogens with one attached hydrogen (secondary N) is 1. The van der Waals surface area contributed by atoms with Crippen molar-refractivity contribution in [2.45, 2.75) is 32.6 Å². The molecule has 0 bridgehead atoms. The summed E-state index contributed by atoms with van der Waals surface area (Å²) >= 11 is 0. The molecule has 0 spiro atoms. The maximum atomic E-state index is 13.7. The van der Waals surface area contributed by atoms with Crippen LogP contribution in [0.1, 0.15) is 25.7 Å². The van der Waals surface area contributed by atoms with Gasteiger partial charge in [-0.1, -0.05) is 6.07 Å². The number of alkyl halides is 3. The summed E-state index contributed by atoms with van der Waals surface area (Å²) in [5.74, 6) is -0.0803. The van der Waals surface area contributed by atoms with Gasteiger partial charge in [-0.25, -0.2) is 9.37 Å². The Morgan fingerprint density at radius 2 is 2.00 bits per heavy atom. The number of benzene rings is 1. The zero-order chi connectivity index (χ0) is 14.9. The highest BCUT2D eigenvalue weighted by atomic mass is 19.4. The minimum absolute atomic E-state index is 0.0236. The standard InChI is InChI=1S/C13H15F4N3/c1-8(2)20-10-5-3-4-9(14)12(10)19-11(20)6-18-7-13(15,16)17/h3-5,8,18H,6-7H2,1-2H3. The van der Waals surface area contributed by atoms with Gasteiger partial charge in [0.1, 0.15) is 11.3 Å². The number of aromatic nitrogens is 2. The average Bonchev–Trinajstić information content (AvgIpc) is 2.67. The van der Waals surface area contributed by atoms with Crippen molar-refractivity contribution in [3.8, 4) is 0 Å². The van der Waals surface area contributed by atoms with Gasteiger partial charge < -0.3 is 9.88 Å². The van der Waals surface area contributed by atoms with Crippen LogP contribution in [0.4, 0.5) is 17.6 Å². The third-order valence-corrected chi connectivity index (χ3v) is 2.87. The van der Waals surface area contributed by atoms with Crippen LogP contribution < -0.4 is 5.32 Å². The fraction of sp³-hybridized carbons (Fsp3) is 0.462. The van der Waals surface area contributed by atoms with Crippen molar-refractivity contribution in [3.05, 3.63) is 29.8 Å². The van der Waals surface area contributed by atoms with Gasteiger partial charge in [0, 0.05) is 6.04 Å². The van der Waals surface area contributed by atoms with Gasteiger partial charge in [0.2, 0.25) is 0 Å². The van der Waals surface area contributed by atoms with Crippen LogP contribution in [-0.2, 0) is 6.54 Å². The van der Waals surface area contributed by atoms with Crippen LogP contribution in [0.15, 0.2) is 18.2 Å². The fourth-order valence-electron chi connectivity index (χ4n) is 2.15. The first kappa shape index (κ1) is 14.8. The van der Waals surface area contributed by atoms with Gasteiger partial charge in [-0.15, -0.1) is 0 Å². The molecule has 0 radical (unpaired) electrons. The summed E-state index contributed by atoms with van der Waals surface area (Å²) in [6, 6.07) is 4.53. The summed E-state index contributed by atoms with van der Waals surface area (Å²) in [6.45, 7) is 2.58. The Bertz CT molecular complexity index is 601. The van der Waals surface area contributed by atoms with E-state index in [1.807, 2.05) is 13.8 Å². The van der Waals surface area contributed by atoms with E-state index in [1.165, 1.54) is 6.07 Å². The molecule has 0 amide bonds. The summed E-state index contributed by atoms with van der Waals surface area (Å²) in [4.78, 5) is 4.11. The van der Waals surface area contributed by atoms with Crippen molar-refractivity contribution >= 4 is 11.0 Å². The number of hydrogen-bond donors (Lipinski definition) is 1. The molecule has 0 saturated carbocycles. The maximum Gasteiger partial charge on any atom is 0.401 e. The zero-order valence-electron chi connectivity index (χ0n) is 11.1. The van der Waals surface area contributed by atoms with E-state index in [2.05, 4.69) is 10.3 Å². The van der Waals surface area contributed by atoms with Crippen LogP contribution in [0, 0.1) is 5.82 Å². The molecule has 0 fully saturated rings. The number of para-hydroxylation sites is 1. The Balaban J connectivity index is 2.32. The normalized spacial score (nSPS) is 12.6. The highest BCUT2D eigenvalue weighted by molar-refractivity contribution is 5.76. The topological polar surface area (TPSA) is 29.9 Å². The lowest BCUT2D eigenvalue weighted by molar-refractivity contribution is -0.125. The number of nitrogens with zero attached hydrogens (tertiary/aromatic N) is 2. The van der Waals surface area contributed by atoms with Gasteiger partial charge in [0.25, 0.3) is 0 Å². The molecule has 1 aromatic carbocycles. The van der Waals surface area contributed by atoms with E-state index in [1.54, 1.807) is 16.7 Å². The van der Waals surface area contributed by atoms with Gasteiger partial charge in [0.15, 0.2) is 5.82 Å². The number of halogens is 4. The van der Waals surface area contributed by atoms with Gasteiger partial charge in [0.05, 0.1) is 18.6 Å². The Hall–Kier alpha value is -1.63. The minimum atomic E-state index is -4.28. The van der Waals surface area contributed by atoms with Crippen molar-refractivity contribution in [1.82, 2.24) is 14.9 Å². The number of fused-ring (bicyclic) bond motifs is 1. The highest BCUT2D eigenvalue weighted by Crippen LogP contribution is 2.23. The lowest BCUT2D eigenvalue weighted by Crippen LogP contribution is -2.29. The van der Waals surface area contributed by atoms with E-state index in [0.29, 0.717) is 11.3 Å². The van der Waals surface area contributed by atoms with Crippen LogP contribution in [0.5, 0.6) is 0 Å². The molecule has 0 aliphatic rings. The molecule has 0 atom stereocenters. The Morgan fingerprint density at radius 3 is 2.60 bits per heavy atom. The number of hydrogen-bond acceptors (Lipinski definition) is 2. The summed E-state index contributed by atoms with van der Waals surface area (Å²) in [5.41, 5.74) is 0.772. The van der Waals surface area contributed by atoms with Crippen molar-refractivity contribution in [3.63, 3.8) is 0 Å². The molecule has 0 aliphatic carbocycles. The van der Waals surface area contributed by atoms with Crippen LogP contribution in [0.2, 0.25) is 0 Å². The zero-order valence-corrected chi connectivity index (χ0v) is 11.1. The monoisotopic (exact) mass is 289 g/mol. The van der Waals surface area contributed by atoms with Crippen LogP contribution >= 0.6 is 0 Å². The third kappa shape index (κ3) is 3.09. The summed E-state index contributed by atoms with van der Waals surface area (Å²) in [5, 5.41) is 2.29. The molecular formula is C13H15F4N3. The van der Waals surface area contributed by atoms with Crippen LogP contribution in [0.25, 0.3) is 11.0 Å². The average molecular weight is 289 g/mol. The Morgan fingerprint density at radius 1 is 1.30 bits per heavy atom. The van der Waals surface area contributed by atoms with Gasteiger partial charge in [-0.05, 0) is 26.0 Å². The fourth-order valence-corrected chi connectivity index (χ4v) is 2.15. The van der Waals surface area contributed by atoms with E-state index in [4.69, 9.17) is 0 Å². The van der Waals surface area contributed by atoms with E-state index in [9.17, 15) is 17.6 Å². The Kier molecular flexibility index (Phi) is 3.99. The lowest BCUT2D eigenvalue weighted by Gasteiger charge is -2.14. The molecule has 0 aliphatic heterocycles. The van der Waals surface area contributed by atoms with E-state index in [0.717, 1.165) is 0 Å². The molecule has 20 heavy (non-hydrogen) atoms. The molecule has 0 saturated heterocycles. The summed E-state index contributed by atoms with van der Waals surface area (Å²) in [7, 11) is 0. The summed E-state index contributed by atoms with van der Waals surface area (Å²) < 4.78 is 51.8. The minimum Gasteiger partial charge on any atom is -0.324 e. The first-order chi connectivity index (χ1) is 9.29. The van der Waals surface area contributed by atoms with Crippen molar-refractivity contribution in [1.29, 1.82) is 0 Å². The highest BCUT2D eigenvalue weighted by Gasteiger charge is 2.26. The van der Waals surface area contributed by atoms with Gasteiger partial charge in [-0.3, -0.25) is 0 Å². The Labute approximate surface area is 113 Å². The molecule has 0 unspecified atom stereocenters. The molecule has 1 aromatic heterocycles. The molecule has 1 heterocycles. The first-order valence-corrected chi connectivity index (χ1v) is 6.22. The molecule has 2 rings (SSSR count). The van der Waals surface area contributed by atoms with Crippen molar-refractivity contribution in [2.24, 2.45) is 0 Å². The molecule has 3 nitrogen and oxygen atoms in total. The number of rotatable bonds is 4. The second-order valence-electron chi connectivity index (χ2n) is 4.82. The molecule has 2 aromatic rings. The van der Waals surface area contributed by atoms with Gasteiger partial charge >= 0.3 is 6.18 Å². The van der Waals surface area contributed by atoms with Gasteiger partial charge in [-0.2, -0.15) is 13.2 Å². The van der Waals surface area contributed by atoms with E-state index >= 15 is 0 Å². The molecule has 110 valence electrons. The maximum absolute atomic E-state index is 13.7. The number of imidazole rings is 1. The second-order valence-corrected chi connectivity index (χ2v) is 4.82. The molecule has 1 N–H and O–H groups in total. The molecular weight excluding hydrogens is 274 g/mol. The second kappa shape index (κ2) is 5.40. The van der Waals surface area contributed by atoms with Crippen LogP contribution in [-0.4, -0.2) is 22.3 Å². The predicted octanol–water partition coefficient (Wildman–Crippen LogP) is 3.41. The largest absolute Gasteiger partial charge is 0.401 e. The lowest BCUT2D eigenvalue weighted by atomic mass is 10.3. The van der Waals surface area contributed by atoms with Crippen molar-refractivity contribution in [2.75, 3.05) is 6.54 Å². The smallest absolute Gasteiger partial charge is 0.324 e. The SMILES string of the molecule is CC(C)n1c(CNCC(F)(F)F)nc2c(F)cccc21. The van der Waals surface area contributed by atoms with E-state index in [-0.39, 0.29) is 18.1 Å². The quantitative estimate of drug-likeness (QED) is 0.874.